The average Bonchev–Trinajstić information content (AvgIpc) is 3.32. The van der Waals surface area contributed by atoms with E-state index in [0.717, 1.165) is 43.8 Å². The molecule has 0 bridgehead atoms. The van der Waals surface area contributed by atoms with Crippen molar-refractivity contribution in [3.05, 3.63) is 64.7 Å². The van der Waals surface area contributed by atoms with E-state index in [4.69, 9.17) is 4.74 Å². The van der Waals surface area contributed by atoms with Crippen molar-refractivity contribution in [2.75, 3.05) is 19.7 Å². The number of benzene rings is 2. The van der Waals surface area contributed by atoms with Crippen LogP contribution >= 0.6 is 0 Å². The fraction of sp³-hybridized carbons (Fsp3) is 0.462. The Labute approximate surface area is 193 Å². The fourth-order valence-electron chi connectivity index (χ4n) is 5.95. The molecule has 0 aliphatic carbocycles. The van der Waals surface area contributed by atoms with Crippen LogP contribution < -0.4 is 10.1 Å². The normalized spacial score (nSPS) is 26.2. The Balaban J connectivity index is 1.19. The highest BCUT2D eigenvalue weighted by Crippen LogP contribution is 2.48. The van der Waals surface area contributed by atoms with Crippen molar-refractivity contribution in [1.29, 1.82) is 0 Å². The second-order valence-electron chi connectivity index (χ2n) is 9.89. The first kappa shape index (κ1) is 20.7. The molecule has 4 heterocycles. The van der Waals surface area contributed by atoms with Crippen LogP contribution in [0.15, 0.2) is 42.5 Å². The summed E-state index contributed by atoms with van der Waals surface area (Å²) < 4.78 is 6.14. The summed E-state index contributed by atoms with van der Waals surface area (Å²) in [4.78, 5) is 28.9. The number of amides is 2. The molecule has 172 valence electrons. The highest BCUT2D eigenvalue weighted by atomic mass is 16.5. The molecule has 7 nitrogen and oxygen atoms in total. The predicted octanol–water partition coefficient (Wildman–Crippen LogP) is 2.17. The van der Waals surface area contributed by atoms with E-state index in [1.54, 1.807) is 4.90 Å². The first-order valence-corrected chi connectivity index (χ1v) is 11.9. The molecular formula is C26H29N3O4. The largest absolute Gasteiger partial charge is 0.492 e. The molecule has 2 N–H and O–H groups in total. The second-order valence-corrected chi connectivity index (χ2v) is 9.89. The average molecular weight is 448 g/mol. The number of carbonyl (C=O) groups is 2. The monoisotopic (exact) mass is 447 g/mol. The molecule has 1 spiro atoms. The first-order valence-electron chi connectivity index (χ1n) is 11.9. The third kappa shape index (κ3) is 3.50. The van der Waals surface area contributed by atoms with Gasteiger partial charge in [-0.2, -0.15) is 0 Å². The Bertz CT molecular complexity index is 1090. The quantitative estimate of drug-likeness (QED) is 0.754. The number of rotatable bonds is 3. The van der Waals surface area contributed by atoms with Crippen molar-refractivity contribution in [3.8, 4) is 5.75 Å². The molecule has 2 unspecified atom stereocenters. The summed E-state index contributed by atoms with van der Waals surface area (Å²) in [5, 5.41) is 12.9. The van der Waals surface area contributed by atoms with Crippen molar-refractivity contribution in [2.45, 2.75) is 56.5 Å². The molecule has 6 rings (SSSR count). The van der Waals surface area contributed by atoms with Crippen LogP contribution in [0.3, 0.4) is 0 Å². The van der Waals surface area contributed by atoms with Gasteiger partial charge in [0.2, 0.25) is 5.91 Å². The summed E-state index contributed by atoms with van der Waals surface area (Å²) in [7, 11) is 0. The van der Waals surface area contributed by atoms with E-state index >= 15 is 0 Å². The van der Waals surface area contributed by atoms with E-state index < -0.39 is 12.3 Å². The maximum absolute atomic E-state index is 13.1. The fourth-order valence-corrected chi connectivity index (χ4v) is 5.95. The number of piperidine rings is 2. The first-order chi connectivity index (χ1) is 16.0. The van der Waals surface area contributed by atoms with Gasteiger partial charge >= 0.3 is 0 Å². The highest BCUT2D eigenvalue weighted by Gasteiger charge is 2.46. The maximum atomic E-state index is 13.1. The highest BCUT2D eigenvalue weighted by molar-refractivity contribution is 5.99. The van der Waals surface area contributed by atoms with Crippen molar-refractivity contribution in [2.24, 2.45) is 0 Å². The Morgan fingerprint density at radius 3 is 2.67 bits per heavy atom. The molecule has 7 heteroatoms. The standard InChI is InChI=1S/C26H29N3O4/c30-23-7-6-21(24(31)27-23)29-15-18-12-20-22(13-19(18)25(29)32)33-16-26(20)8-10-28(11-9-26)14-17-4-2-1-3-5-17/h1-5,12-13,21,24,31H,6-11,14-16H2,(H,27,30). The summed E-state index contributed by atoms with van der Waals surface area (Å²) in [5.74, 6) is 0.573. The Morgan fingerprint density at radius 2 is 1.91 bits per heavy atom. The zero-order valence-corrected chi connectivity index (χ0v) is 18.6. The molecule has 2 amide bonds. The van der Waals surface area contributed by atoms with Crippen LogP contribution in [0, 0.1) is 0 Å². The lowest BCUT2D eigenvalue weighted by Gasteiger charge is -2.38. The van der Waals surface area contributed by atoms with Gasteiger partial charge in [-0.1, -0.05) is 30.3 Å². The molecule has 0 saturated carbocycles. The van der Waals surface area contributed by atoms with Gasteiger partial charge in [0.05, 0.1) is 12.6 Å². The summed E-state index contributed by atoms with van der Waals surface area (Å²) in [6, 6.07) is 14.3. The number of nitrogens with one attached hydrogen (secondary N) is 1. The van der Waals surface area contributed by atoms with Crippen molar-refractivity contribution < 1.29 is 19.4 Å². The van der Waals surface area contributed by atoms with Crippen LogP contribution in [-0.4, -0.2) is 58.7 Å². The zero-order chi connectivity index (χ0) is 22.6. The molecular weight excluding hydrogens is 418 g/mol. The number of carbonyl (C=O) groups excluding carboxylic acids is 2. The van der Waals surface area contributed by atoms with Crippen LogP contribution in [-0.2, 0) is 23.3 Å². The number of hydrogen-bond donors (Lipinski definition) is 2. The smallest absolute Gasteiger partial charge is 0.255 e. The predicted molar refractivity (Wildman–Crippen MR) is 122 cm³/mol. The molecule has 0 aromatic heterocycles. The van der Waals surface area contributed by atoms with Crippen LogP contribution in [0.4, 0.5) is 0 Å². The molecule has 2 fully saturated rings. The molecule has 33 heavy (non-hydrogen) atoms. The summed E-state index contributed by atoms with van der Waals surface area (Å²) in [6.45, 7) is 4.16. The lowest BCUT2D eigenvalue weighted by molar-refractivity contribution is -0.129. The number of aliphatic hydroxyl groups excluding tert-OH is 1. The van der Waals surface area contributed by atoms with Crippen LogP contribution in [0.2, 0.25) is 0 Å². The van der Waals surface area contributed by atoms with Gasteiger partial charge in [0.1, 0.15) is 12.0 Å². The number of likely N-dealkylation sites (tertiary alicyclic amines) is 1. The van der Waals surface area contributed by atoms with Crippen LogP contribution in [0.1, 0.15) is 52.7 Å². The lowest BCUT2D eigenvalue weighted by atomic mass is 9.74. The van der Waals surface area contributed by atoms with Crippen molar-refractivity contribution >= 4 is 11.8 Å². The number of fused-ring (bicyclic) bond motifs is 3. The lowest BCUT2D eigenvalue weighted by Crippen LogP contribution is -2.55. The molecule has 2 atom stereocenters. The van der Waals surface area contributed by atoms with Gasteiger partial charge in [-0.3, -0.25) is 14.5 Å². The minimum atomic E-state index is -1.02. The van der Waals surface area contributed by atoms with Gasteiger partial charge in [0, 0.05) is 36.1 Å². The van der Waals surface area contributed by atoms with Gasteiger partial charge in [-0.25, -0.2) is 0 Å². The van der Waals surface area contributed by atoms with Gasteiger partial charge in [0.15, 0.2) is 0 Å². The maximum Gasteiger partial charge on any atom is 0.255 e. The van der Waals surface area contributed by atoms with E-state index in [9.17, 15) is 14.7 Å². The van der Waals surface area contributed by atoms with Crippen molar-refractivity contribution in [1.82, 2.24) is 15.1 Å². The SMILES string of the molecule is O=C1CCC(N2Cc3cc4c(cc3C2=O)OCC42CCN(Cc3ccccc3)CC2)C(O)N1. The van der Waals surface area contributed by atoms with Gasteiger partial charge < -0.3 is 20.1 Å². The second kappa shape index (κ2) is 7.85. The number of hydrogen-bond acceptors (Lipinski definition) is 5. The summed E-state index contributed by atoms with van der Waals surface area (Å²) in [5.41, 5.74) is 4.24. The van der Waals surface area contributed by atoms with Crippen LogP contribution in [0.5, 0.6) is 5.75 Å². The van der Waals surface area contributed by atoms with Gasteiger partial charge in [-0.05, 0) is 55.6 Å². The molecule has 2 aromatic rings. The van der Waals surface area contributed by atoms with Gasteiger partial charge in [0.25, 0.3) is 5.91 Å². The molecule has 2 saturated heterocycles. The van der Waals surface area contributed by atoms with E-state index in [1.165, 1.54) is 11.1 Å². The minimum Gasteiger partial charge on any atom is -0.492 e. The van der Waals surface area contributed by atoms with E-state index in [1.807, 2.05) is 6.07 Å². The van der Waals surface area contributed by atoms with Crippen molar-refractivity contribution in [3.63, 3.8) is 0 Å². The summed E-state index contributed by atoms with van der Waals surface area (Å²) in [6.07, 6.45) is 1.86. The number of ether oxygens (including phenoxy) is 1. The Kier molecular flexibility index (Phi) is 4.92. The van der Waals surface area contributed by atoms with Gasteiger partial charge in [-0.15, -0.1) is 0 Å². The minimum absolute atomic E-state index is 0.00630. The third-order valence-corrected chi connectivity index (χ3v) is 7.92. The number of aliphatic hydroxyl groups is 1. The Morgan fingerprint density at radius 1 is 1.12 bits per heavy atom. The van der Waals surface area contributed by atoms with E-state index in [2.05, 4.69) is 46.6 Å². The topological polar surface area (TPSA) is 82.1 Å². The third-order valence-electron chi connectivity index (χ3n) is 7.92. The molecule has 4 aliphatic rings. The van der Waals surface area contributed by atoms with E-state index in [-0.39, 0.29) is 17.2 Å². The molecule has 0 radical (unpaired) electrons. The Hall–Kier alpha value is -2.90. The molecule has 4 aliphatic heterocycles. The zero-order valence-electron chi connectivity index (χ0n) is 18.6. The van der Waals surface area contributed by atoms with E-state index in [0.29, 0.717) is 31.6 Å². The number of nitrogens with zero attached hydrogens (tertiary/aromatic N) is 2. The molecule has 2 aromatic carbocycles. The summed E-state index contributed by atoms with van der Waals surface area (Å²) >= 11 is 0. The van der Waals surface area contributed by atoms with Crippen LogP contribution in [0.25, 0.3) is 0 Å².